The maximum absolute atomic E-state index is 12.4. The van der Waals surface area contributed by atoms with Crippen LogP contribution in [0.25, 0.3) is 0 Å². The highest BCUT2D eigenvalue weighted by molar-refractivity contribution is 7.92. The van der Waals surface area contributed by atoms with E-state index in [0.717, 1.165) is 42.8 Å². The number of ether oxygens (including phenoxy) is 1. The largest absolute Gasteiger partial charge is 0.381 e. The van der Waals surface area contributed by atoms with E-state index in [1.54, 1.807) is 7.05 Å². The first-order chi connectivity index (χ1) is 13.4. The molecule has 3 rings (SSSR count). The van der Waals surface area contributed by atoms with E-state index in [4.69, 9.17) is 16.3 Å². The number of rotatable bonds is 4. The Kier molecular flexibility index (Phi) is 6.73. The Bertz CT molecular complexity index is 801. The van der Waals surface area contributed by atoms with Crippen LogP contribution < -0.4 is 10.2 Å². The van der Waals surface area contributed by atoms with E-state index in [1.165, 1.54) is 6.26 Å². The summed E-state index contributed by atoms with van der Waals surface area (Å²) in [7, 11) is -1.47. The van der Waals surface area contributed by atoms with E-state index >= 15 is 0 Å². The second kappa shape index (κ2) is 8.88. The number of benzene rings is 1. The SMILES string of the molecule is CN=C(NCC1(S(C)(=O)=O)CCOCC1)N1CCN(c2ccccc2Cl)CC1. The molecule has 2 aliphatic heterocycles. The molecule has 1 aromatic carbocycles. The van der Waals surface area contributed by atoms with E-state index in [0.29, 0.717) is 32.6 Å². The number of aliphatic imine (C=N–C) groups is 1. The van der Waals surface area contributed by atoms with Gasteiger partial charge >= 0.3 is 0 Å². The summed E-state index contributed by atoms with van der Waals surface area (Å²) < 4.78 is 29.5. The van der Waals surface area contributed by atoms with Crippen LogP contribution in [-0.2, 0) is 14.6 Å². The van der Waals surface area contributed by atoms with E-state index in [9.17, 15) is 8.42 Å². The molecule has 0 unspecified atom stereocenters. The van der Waals surface area contributed by atoms with Crippen molar-refractivity contribution in [1.29, 1.82) is 0 Å². The summed E-state index contributed by atoms with van der Waals surface area (Å²) in [5.41, 5.74) is 1.05. The van der Waals surface area contributed by atoms with Crippen molar-refractivity contribution in [3.05, 3.63) is 29.3 Å². The lowest BCUT2D eigenvalue weighted by molar-refractivity contribution is 0.0754. The van der Waals surface area contributed by atoms with E-state index in [2.05, 4.69) is 20.1 Å². The molecule has 9 heteroatoms. The van der Waals surface area contributed by atoms with Gasteiger partial charge in [-0.3, -0.25) is 4.99 Å². The first-order valence-electron chi connectivity index (χ1n) is 9.59. The predicted molar refractivity (Wildman–Crippen MR) is 114 cm³/mol. The van der Waals surface area contributed by atoms with Crippen LogP contribution in [0.2, 0.25) is 5.02 Å². The lowest BCUT2D eigenvalue weighted by Crippen LogP contribution is -2.57. The van der Waals surface area contributed by atoms with Gasteiger partial charge in [0.15, 0.2) is 15.8 Å². The van der Waals surface area contributed by atoms with Crippen molar-refractivity contribution in [2.24, 2.45) is 4.99 Å². The number of piperazine rings is 1. The number of halogens is 1. The molecular weight excluding hydrogens is 400 g/mol. The number of nitrogens with zero attached hydrogens (tertiary/aromatic N) is 3. The van der Waals surface area contributed by atoms with Crippen molar-refractivity contribution in [2.75, 3.05) is 64.1 Å². The zero-order valence-corrected chi connectivity index (χ0v) is 18.1. The van der Waals surface area contributed by atoms with Crippen LogP contribution in [0.15, 0.2) is 29.3 Å². The monoisotopic (exact) mass is 428 g/mol. The Morgan fingerprint density at radius 3 is 2.43 bits per heavy atom. The molecule has 28 heavy (non-hydrogen) atoms. The van der Waals surface area contributed by atoms with E-state index in [-0.39, 0.29) is 0 Å². The van der Waals surface area contributed by atoms with Gasteiger partial charge in [0.05, 0.1) is 15.5 Å². The summed E-state index contributed by atoms with van der Waals surface area (Å²) in [4.78, 5) is 8.82. The molecular formula is C19H29ClN4O3S. The van der Waals surface area contributed by atoms with E-state index < -0.39 is 14.6 Å². The third-order valence-electron chi connectivity index (χ3n) is 5.74. The van der Waals surface area contributed by atoms with Crippen molar-refractivity contribution in [3.63, 3.8) is 0 Å². The Morgan fingerprint density at radius 1 is 1.21 bits per heavy atom. The van der Waals surface area contributed by atoms with Crippen molar-refractivity contribution in [3.8, 4) is 0 Å². The summed E-state index contributed by atoms with van der Waals surface area (Å²) in [6, 6.07) is 7.86. The van der Waals surface area contributed by atoms with Gasteiger partial charge in [0, 0.05) is 59.2 Å². The second-order valence-electron chi connectivity index (χ2n) is 7.39. The number of para-hydroxylation sites is 1. The Morgan fingerprint density at radius 2 is 1.86 bits per heavy atom. The van der Waals surface area contributed by atoms with Crippen molar-refractivity contribution in [2.45, 2.75) is 17.6 Å². The molecule has 0 aliphatic carbocycles. The molecule has 7 nitrogen and oxygen atoms in total. The maximum atomic E-state index is 12.4. The standard InChI is InChI=1S/C19H29ClN4O3S/c1-21-18(22-15-19(28(2,25)26)7-13-27-14-8-19)24-11-9-23(10-12-24)17-6-4-3-5-16(17)20/h3-6H,7-15H2,1-2H3,(H,21,22). The quantitative estimate of drug-likeness (QED) is 0.580. The van der Waals surface area contributed by atoms with Gasteiger partial charge in [-0.25, -0.2) is 8.42 Å². The van der Waals surface area contributed by atoms with Gasteiger partial charge in [-0.05, 0) is 25.0 Å². The van der Waals surface area contributed by atoms with Crippen LogP contribution in [0.4, 0.5) is 5.69 Å². The third kappa shape index (κ3) is 4.55. The highest BCUT2D eigenvalue weighted by Gasteiger charge is 2.42. The molecule has 0 amide bonds. The average Bonchev–Trinajstić information content (AvgIpc) is 2.69. The zero-order chi connectivity index (χ0) is 20.2. The molecule has 2 heterocycles. The highest BCUT2D eigenvalue weighted by atomic mass is 35.5. The first-order valence-corrected chi connectivity index (χ1v) is 11.9. The molecule has 0 atom stereocenters. The summed E-state index contributed by atoms with van der Waals surface area (Å²) in [6.45, 7) is 4.55. The van der Waals surface area contributed by atoms with Crippen LogP contribution in [0.5, 0.6) is 0 Å². The first kappa shape index (κ1) is 21.2. The molecule has 0 bridgehead atoms. The lowest BCUT2D eigenvalue weighted by Gasteiger charge is -2.40. The van der Waals surface area contributed by atoms with E-state index in [1.807, 2.05) is 24.3 Å². The molecule has 0 saturated carbocycles. The van der Waals surface area contributed by atoms with Crippen LogP contribution >= 0.6 is 11.6 Å². The van der Waals surface area contributed by atoms with Crippen molar-refractivity contribution in [1.82, 2.24) is 10.2 Å². The number of guanidine groups is 1. The molecule has 156 valence electrons. The van der Waals surface area contributed by atoms with Crippen LogP contribution in [0.1, 0.15) is 12.8 Å². The van der Waals surface area contributed by atoms with Gasteiger partial charge in [-0.1, -0.05) is 23.7 Å². The molecule has 1 aromatic rings. The van der Waals surface area contributed by atoms with Crippen LogP contribution in [0, 0.1) is 0 Å². The molecule has 2 aliphatic rings. The fourth-order valence-corrected chi connectivity index (χ4v) is 5.36. The number of sulfone groups is 1. The van der Waals surface area contributed by atoms with Crippen molar-refractivity contribution >= 4 is 33.1 Å². The fourth-order valence-electron chi connectivity index (χ4n) is 3.86. The van der Waals surface area contributed by atoms with Gasteiger partial charge in [-0.2, -0.15) is 0 Å². The minimum absolute atomic E-state index is 0.354. The molecule has 1 N–H and O–H groups in total. The predicted octanol–water partition coefficient (Wildman–Crippen LogP) is 1.63. The molecule has 0 aromatic heterocycles. The highest BCUT2D eigenvalue weighted by Crippen LogP contribution is 2.29. The Labute approximate surface area is 172 Å². The maximum Gasteiger partial charge on any atom is 0.193 e. The minimum atomic E-state index is -3.21. The van der Waals surface area contributed by atoms with Crippen LogP contribution in [-0.4, -0.2) is 83.3 Å². The topological polar surface area (TPSA) is 74.2 Å². The minimum Gasteiger partial charge on any atom is -0.381 e. The summed E-state index contributed by atoms with van der Waals surface area (Å²) in [5, 5.41) is 4.08. The molecule has 2 saturated heterocycles. The summed E-state index contributed by atoms with van der Waals surface area (Å²) in [6.07, 6.45) is 2.34. The number of hydrogen-bond donors (Lipinski definition) is 1. The smallest absolute Gasteiger partial charge is 0.193 e. The molecule has 2 fully saturated rings. The van der Waals surface area contributed by atoms with Gasteiger partial charge in [-0.15, -0.1) is 0 Å². The number of nitrogens with one attached hydrogen (secondary N) is 1. The van der Waals surface area contributed by atoms with Gasteiger partial charge in [0.2, 0.25) is 0 Å². The Balaban J connectivity index is 1.61. The zero-order valence-electron chi connectivity index (χ0n) is 16.5. The van der Waals surface area contributed by atoms with Crippen molar-refractivity contribution < 1.29 is 13.2 Å². The third-order valence-corrected chi connectivity index (χ3v) is 8.19. The number of anilines is 1. The average molecular weight is 429 g/mol. The number of hydrogen-bond acceptors (Lipinski definition) is 5. The van der Waals surface area contributed by atoms with Gasteiger partial charge < -0.3 is 19.9 Å². The lowest BCUT2D eigenvalue weighted by atomic mass is 9.99. The summed E-state index contributed by atoms with van der Waals surface area (Å²) >= 11 is 6.32. The van der Waals surface area contributed by atoms with Crippen LogP contribution in [0.3, 0.4) is 0 Å². The molecule has 0 radical (unpaired) electrons. The molecule has 0 spiro atoms. The van der Waals surface area contributed by atoms with Gasteiger partial charge in [0.25, 0.3) is 0 Å². The second-order valence-corrected chi connectivity index (χ2v) is 10.2. The summed E-state index contributed by atoms with van der Waals surface area (Å²) in [5.74, 6) is 0.744. The normalized spacial score (nSPS) is 20.9. The Hall–Kier alpha value is -1.51. The fraction of sp³-hybridized carbons (Fsp3) is 0.632. The van der Waals surface area contributed by atoms with Gasteiger partial charge in [0.1, 0.15) is 0 Å².